The maximum atomic E-state index is 12.8. The number of imide groups is 1. The number of unbranched alkanes of at least 4 members (excludes halogenated alkanes) is 1. The first-order valence-corrected chi connectivity index (χ1v) is 18.3. The number of carbonyl (C=O) groups is 2. The van der Waals surface area contributed by atoms with E-state index in [1.54, 1.807) is 30.6 Å². The maximum absolute atomic E-state index is 12.8. The van der Waals surface area contributed by atoms with E-state index in [1.807, 2.05) is 12.1 Å². The number of pyridine rings is 1. The Bertz CT molecular complexity index is 1870. The molecule has 2 aliphatic heterocycles. The van der Waals surface area contributed by atoms with Gasteiger partial charge in [-0.05, 0) is 50.4 Å². The van der Waals surface area contributed by atoms with E-state index in [1.165, 1.54) is 10.7 Å². The highest BCUT2D eigenvalue weighted by Crippen LogP contribution is 2.56. The van der Waals surface area contributed by atoms with E-state index >= 15 is 0 Å². The number of amides is 2. The lowest BCUT2D eigenvalue weighted by atomic mass is 9.49. The number of piperidine rings is 1. The first-order valence-electron chi connectivity index (χ1n) is 17.9. The molecule has 3 aromatic rings. The fourth-order valence-corrected chi connectivity index (χ4v) is 8.47. The quantitative estimate of drug-likeness (QED) is 0.141. The summed E-state index contributed by atoms with van der Waals surface area (Å²) in [5.74, 6) is -0.200. The molecule has 13 nitrogen and oxygen atoms in total. The van der Waals surface area contributed by atoms with Crippen molar-refractivity contribution in [2.24, 2.45) is 10.8 Å². The van der Waals surface area contributed by atoms with E-state index in [2.05, 4.69) is 64.3 Å². The molecule has 2 atom stereocenters. The van der Waals surface area contributed by atoms with Gasteiger partial charge < -0.3 is 14.7 Å². The van der Waals surface area contributed by atoms with Crippen LogP contribution in [0.15, 0.2) is 53.6 Å². The average Bonchev–Trinajstić information content (AvgIpc) is 3.12. The summed E-state index contributed by atoms with van der Waals surface area (Å²) in [5, 5.41) is 30.6. The summed E-state index contributed by atoms with van der Waals surface area (Å²) in [4.78, 5) is 45.6. The molecule has 3 aliphatic rings. The normalized spacial score (nSPS) is 23.3. The molecule has 14 heteroatoms. The molecule has 2 saturated heterocycles. The van der Waals surface area contributed by atoms with Gasteiger partial charge in [-0.25, -0.2) is 4.68 Å². The van der Waals surface area contributed by atoms with Gasteiger partial charge in [0.25, 0.3) is 11.5 Å². The summed E-state index contributed by atoms with van der Waals surface area (Å²) in [5.41, 5.74) is 1.90. The number of aliphatic hydroxyl groups excluding tert-OH is 1. The van der Waals surface area contributed by atoms with Gasteiger partial charge in [-0.15, -0.1) is 0 Å². The molecule has 0 radical (unpaired) electrons. The van der Waals surface area contributed by atoms with E-state index in [4.69, 9.17) is 16.3 Å². The van der Waals surface area contributed by atoms with Crippen LogP contribution in [-0.2, 0) is 16.0 Å². The van der Waals surface area contributed by atoms with Crippen LogP contribution < -0.4 is 25.8 Å². The van der Waals surface area contributed by atoms with Gasteiger partial charge in [-0.3, -0.25) is 34.9 Å². The van der Waals surface area contributed by atoms with Gasteiger partial charge in [0.05, 0.1) is 22.5 Å². The summed E-state index contributed by atoms with van der Waals surface area (Å²) in [6.45, 7) is 12.7. The van der Waals surface area contributed by atoms with Crippen LogP contribution >= 0.6 is 11.6 Å². The van der Waals surface area contributed by atoms with Crippen LogP contribution in [0.5, 0.6) is 5.75 Å². The van der Waals surface area contributed by atoms with Gasteiger partial charge in [0.1, 0.15) is 30.2 Å². The van der Waals surface area contributed by atoms with Crippen molar-refractivity contribution in [2.75, 3.05) is 37.6 Å². The van der Waals surface area contributed by atoms with Crippen molar-refractivity contribution in [1.29, 1.82) is 5.26 Å². The summed E-state index contributed by atoms with van der Waals surface area (Å²) < 4.78 is 7.54. The monoisotopic (exact) mass is 730 g/mol. The van der Waals surface area contributed by atoms with Crippen LogP contribution in [0.2, 0.25) is 5.02 Å². The molecule has 52 heavy (non-hydrogen) atoms. The number of piperazine rings is 1. The smallest absolute Gasteiger partial charge is 0.269 e. The van der Waals surface area contributed by atoms with Gasteiger partial charge in [-0.1, -0.05) is 45.4 Å². The Labute approximate surface area is 308 Å². The van der Waals surface area contributed by atoms with Gasteiger partial charge in [0, 0.05) is 79.1 Å². The average molecular weight is 731 g/mol. The number of anilines is 1. The summed E-state index contributed by atoms with van der Waals surface area (Å²) >= 11 is 6.23. The van der Waals surface area contributed by atoms with Crippen molar-refractivity contribution >= 4 is 29.1 Å². The Morgan fingerprint density at radius 3 is 2.44 bits per heavy atom. The molecular weight excluding hydrogens is 684 g/mol. The Morgan fingerprint density at radius 2 is 1.81 bits per heavy atom. The minimum atomic E-state index is -0.882. The molecule has 276 valence electrons. The molecular formula is C38H47ClN8O5. The number of hydrogen-bond acceptors (Lipinski definition) is 11. The molecule has 0 bridgehead atoms. The van der Waals surface area contributed by atoms with Crippen LogP contribution in [0.1, 0.15) is 82.5 Å². The Balaban J connectivity index is 0.918. The van der Waals surface area contributed by atoms with Crippen LogP contribution in [0.25, 0.3) is 0 Å². The number of rotatable bonds is 12. The Morgan fingerprint density at radius 1 is 1.06 bits per heavy atom. The lowest BCUT2D eigenvalue weighted by Gasteiger charge is -2.63. The first kappa shape index (κ1) is 37.4. The third-order valence-corrected chi connectivity index (χ3v) is 11.2. The van der Waals surface area contributed by atoms with Crippen molar-refractivity contribution < 1.29 is 19.4 Å². The van der Waals surface area contributed by atoms with Gasteiger partial charge >= 0.3 is 0 Å². The molecule has 3 N–H and O–H groups in total. The highest BCUT2D eigenvalue weighted by molar-refractivity contribution is 6.31. The fourth-order valence-electron chi connectivity index (χ4n) is 8.25. The predicted molar refractivity (Wildman–Crippen MR) is 196 cm³/mol. The number of nitrogens with zero attached hydrogens (tertiary/aromatic N) is 6. The molecule has 6 rings (SSSR count). The molecule has 4 heterocycles. The SMILES string of the molecule is CC1(C)C(NC(O)c2ccc(CCCCN3CCN(c4cnn(C5CCC(=O)NC5=O)c(=O)c4)CC3)nc2)C(C)(C)C1Oc1ccc(C#N)c(Cl)c1. The predicted octanol–water partition coefficient (Wildman–Crippen LogP) is 3.75. The number of halogens is 1. The zero-order chi connectivity index (χ0) is 37.2. The summed E-state index contributed by atoms with van der Waals surface area (Å²) in [7, 11) is 0. The number of hydrogen-bond donors (Lipinski definition) is 3. The van der Waals surface area contributed by atoms with E-state index in [0.717, 1.165) is 63.4 Å². The van der Waals surface area contributed by atoms with E-state index in [9.17, 15) is 24.8 Å². The van der Waals surface area contributed by atoms with Crippen LogP contribution in [0, 0.1) is 22.2 Å². The van der Waals surface area contributed by atoms with Crippen LogP contribution in [-0.4, -0.2) is 81.5 Å². The maximum Gasteiger partial charge on any atom is 0.269 e. The number of ether oxygens (including phenoxy) is 1. The standard InChI is InChI=1S/C38H47ClN8O5/c1-37(2)35(38(3,4)36(37)52-28-11-9-24(21-40)29(39)20-28)44-33(50)25-8-10-26(41-22-25)7-5-6-14-45-15-17-46(18-16-45)27-19-32(49)47(42-23-27)30-12-13-31(48)43-34(30)51/h8-11,19-20,22-23,30,33,35-36,44,50H,5-7,12-18H2,1-4H3,(H,43,48,51). The Hall–Kier alpha value is -4.35. The van der Waals surface area contributed by atoms with E-state index < -0.39 is 18.2 Å². The zero-order valence-corrected chi connectivity index (χ0v) is 30.9. The molecule has 2 unspecified atom stereocenters. The summed E-state index contributed by atoms with van der Waals surface area (Å²) in [6, 6.07) is 11.8. The minimum absolute atomic E-state index is 0.0410. The molecule has 0 spiro atoms. The van der Waals surface area contributed by atoms with Crippen molar-refractivity contribution in [3.63, 3.8) is 0 Å². The lowest BCUT2D eigenvalue weighted by molar-refractivity contribution is -0.179. The van der Waals surface area contributed by atoms with Crippen LogP contribution in [0.4, 0.5) is 5.69 Å². The number of aromatic nitrogens is 3. The topological polar surface area (TPSA) is 166 Å². The number of benzene rings is 1. The largest absolute Gasteiger partial charge is 0.489 e. The lowest BCUT2D eigenvalue weighted by Crippen LogP contribution is -2.74. The first-order chi connectivity index (χ1) is 24.8. The number of nitriles is 1. The van der Waals surface area contributed by atoms with E-state index in [-0.39, 0.29) is 47.3 Å². The fraction of sp³-hybridized carbons (Fsp3) is 0.526. The number of nitrogens with one attached hydrogen (secondary N) is 2. The molecule has 1 saturated carbocycles. The third-order valence-electron chi connectivity index (χ3n) is 10.9. The van der Waals surface area contributed by atoms with Crippen molar-refractivity contribution in [3.8, 4) is 11.8 Å². The van der Waals surface area contributed by atoms with Gasteiger partial charge in [0.2, 0.25) is 5.91 Å². The number of aliphatic hydroxyl groups is 1. The van der Waals surface area contributed by atoms with Crippen molar-refractivity contribution in [2.45, 2.75) is 84.2 Å². The van der Waals surface area contributed by atoms with Gasteiger partial charge in [-0.2, -0.15) is 10.4 Å². The van der Waals surface area contributed by atoms with Crippen LogP contribution in [0.3, 0.4) is 0 Å². The van der Waals surface area contributed by atoms with E-state index in [0.29, 0.717) is 21.9 Å². The molecule has 1 aliphatic carbocycles. The highest BCUT2D eigenvalue weighted by atomic mass is 35.5. The van der Waals surface area contributed by atoms with Gasteiger partial charge in [0.15, 0.2) is 0 Å². The minimum Gasteiger partial charge on any atom is -0.489 e. The second kappa shape index (κ2) is 15.3. The van der Waals surface area contributed by atoms with Crippen molar-refractivity contribution in [1.82, 2.24) is 30.3 Å². The highest BCUT2D eigenvalue weighted by Gasteiger charge is 2.63. The molecule has 2 amide bonds. The second-order valence-electron chi connectivity index (χ2n) is 15.2. The van der Waals surface area contributed by atoms with Crippen molar-refractivity contribution in [3.05, 3.63) is 81.0 Å². The number of aryl methyl sites for hydroxylation is 1. The molecule has 3 fully saturated rings. The molecule has 2 aromatic heterocycles. The third kappa shape index (κ3) is 7.85. The number of carbonyl (C=O) groups excluding carboxylic acids is 2. The summed E-state index contributed by atoms with van der Waals surface area (Å²) in [6.07, 6.45) is 5.68. The Kier molecular flexibility index (Phi) is 11.0. The molecule has 1 aromatic carbocycles. The zero-order valence-electron chi connectivity index (χ0n) is 30.1. The second-order valence-corrected chi connectivity index (χ2v) is 15.6.